The largest absolute Gasteiger partial charge is 0.459 e. The molecule has 2 amide bonds. The molecule has 2 aromatic carbocycles. The number of sulfonamides is 1. The molecule has 0 unspecified atom stereocenters. The van der Waals surface area contributed by atoms with Crippen molar-refractivity contribution >= 4 is 27.5 Å². The lowest BCUT2D eigenvalue weighted by atomic mass is 10.2. The fourth-order valence-corrected chi connectivity index (χ4v) is 5.27. The summed E-state index contributed by atoms with van der Waals surface area (Å²) in [5.74, 6) is 0.169. The van der Waals surface area contributed by atoms with Gasteiger partial charge in [-0.05, 0) is 55.3 Å². The Morgan fingerprint density at radius 2 is 1.74 bits per heavy atom. The molecule has 3 aromatic rings. The third-order valence-electron chi connectivity index (χ3n) is 5.53. The van der Waals surface area contributed by atoms with Gasteiger partial charge < -0.3 is 19.8 Å². The minimum Gasteiger partial charge on any atom is -0.459 e. The molecule has 0 atom stereocenters. The van der Waals surface area contributed by atoms with Crippen LogP contribution in [0.4, 0.5) is 5.69 Å². The molecule has 0 aliphatic carbocycles. The number of nitrogens with one attached hydrogen (secondary N) is 2. The monoisotopic (exact) mass is 497 g/mol. The zero-order valence-corrected chi connectivity index (χ0v) is 19.9. The van der Waals surface area contributed by atoms with Crippen molar-refractivity contribution in [2.45, 2.75) is 30.6 Å². The van der Waals surface area contributed by atoms with Gasteiger partial charge in [-0.15, -0.1) is 0 Å². The van der Waals surface area contributed by atoms with Crippen molar-refractivity contribution < 1.29 is 27.2 Å². The minimum atomic E-state index is -3.70. The van der Waals surface area contributed by atoms with Gasteiger partial charge >= 0.3 is 0 Å². The molecule has 10 heteroatoms. The Morgan fingerprint density at radius 1 is 0.971 bits per heavy atom. The number of nitrogens with zero attached hydrogens (tertiary/aromatic N) is 1. The molecule has 2 N–H and O–H groups in total. The van der Waals surface area contributed by atoms with E-state index in [1.165, 1.54) is 34.8 Å². The Hall–Kier alpha value is -3.63. The average molecular weight is 498 g/mol. The van der Waals surface area contributed by atoms with Gasteiger partial charge in [0.2, 0.25) is 15.9 Å². The zero-order chi connectivity index (χ0) is 24.7. The standard InChI is InChI=1S/C25H27N3O6S/c29-24(13-14-26-25(30)23-10-7-17-33-23)27-21-18-20(35(31,32)28-15-5-2-6-16-28)11-12-22(21)34-19-8-3-1-4-9-19/h1,3-4,7-12,17-18H,2,5-6,13-16H2,(H,26,30)(H,27,29). The summed E-state index contributed by atoms with van der Waals surface area (Å²) in [5.41, 5.74) is 0.231. The van der Waals surface area contributed by atoms with Crippen LogP contribution < -0.4 is 15.4 Å². The first-order valence-corrected chi connectivity index (χ1v) is 12.9. The van der Waals surface area contributed by atoms with E-state index in [-0.39, 0.29) is 29.3 Å². The maximum Gasteiger partial charge on any atom is 0.286 e. The van der Waals surface area contributed by atoms with Gasteiger partial charge in [0.05, 0.1) is 16.8 Å². The smallest absolute Gasteiger partial charge is 0.286 e. The Labute approximate surface area is 204 Å². The fourth-order valence-electron chi connectivity index (χ4n) is 3.72. The molecule has 35 heavy (non-hydrogen) atoms. The molecule has 1 aliphatic rings. The molecule has 0 radical (unpaired) electrons. The molecule has 1 aromatic heterocycles. The molecule has 1 aliphatic heterocycles. The summed E-state index contributed by atoms with van der Waals surface area (Å²) < 4.78 is 38.7. The Kier molecular flexibility index (Phi) is 7.84. The zero-order valence-electron chi connectivity index (χ0n) is 19.1. The van der Waals surface area contributed by atoms with Crippen molar-refractivity contribution in [1.82, 2.24) is 9.62 Å². The van der Waals surface area contributed by atoms with E-state index in [1.807, 2.05) is 18.2 Å². The molecule has 1 fully saturated rings. The maximum absolute atomic E-state index is 13.2. The number of hydrogen-bond acceptors (Lipinski definition) is 6. The van der Waals surface area contributed by atoms with Crippen molar-refractivity contribution in [3.8, 4) is 11.5 Å². The molecule has 184 valence electrons. The van der Waals surface area contributed by atoms with E-state index in [1.54, 1.807) is 18.2 Å². The predicted octanol–water partition coefficient (Wildman–Crippen LogP) is 4.01. The molecule has 0 saturated carbocycles. The van der Waals surface area contributed by atoms with Crippen molar-refractivity contribution in [2.75, 3.05) is 25.0 Å². The number of para-hydroxylation sites is 1. The summed E-state index contributed by atoms with van der Waals surface area (Å²) in [6, 6.07) is 16.6. The van der Waals surface area contributed by atoms with E-state index in [0.29, 0.717) is 24.6 Å². The lowest BCUT2D eigenvalue weighted by Crippen LogP contribution is -2.35. The van der Waals surface area contributed by atoms with Gasteiger partial charge in [0.15, 0.2) is 11.5 Å². The maximum atomic E-state index is 13.2. The summed E-state index contributed by atoms with van der Waals surface area (Å²) in [5, 5.41) is 5.34. The third-order valence-corrected chi connectivity index (χ3v) is 7.43. The summed E-state index contributed by atoms with van der Waals surface area (Å²) in [7, 11) is -3.70. The van der Waals surface area contributed by atoms with E-state index < -0.39 is 21.8 Å². The second kappa shape index (κ2) is 11.2. The van der Waals surface area contributed by atoms with Crippen LogP contribution in [0.2, 0.25) is 0 Å². The lowest BCUT2D eigenvalue weighted by Gasteiger charge is -2.26. The highest BCUT2D eigenvalue weighted by Crippen LogP contribution is 2.33. The summed E-state index contributed by atoms with van der Waals surface area (Å²) in [6.45, 7) is 1.02. The molecule has 2 heterocycles. The Bertz CT molecular complexity index is 1250. The van der Waals surface area contributed by atoms with Crippen LogP contribution in [-0.4, -0.2) is 44.2 Å². The molecule has 9 nitrogen and oxygen atoms in total. The van der Waals surface area contributed by atoms with Gasteiger partial charge in [-0.3, -0.25) is 9.59 Å². The predicted molar refractivity (Wildman–Crippen MR) is 130 cm³/mol. The fraction of sp³-hybridized carbons (Fsp3) is 0.280. The second-order valence-electron chi connectivity index (χ2n) is 8.07. The number of anilines is 1. The number of ether oxygens (including phenoxy) is 1. The lowest BCUT2D eigenvalue weighted by molar-refractivity contribution is -0.116. The first kappa shape index (κ1) is 24.5. The van der Waals surface area contributed by atoms with Crippen molar-refractivity contribution in [3.05, 3.63) is 72.7 Å². The van der Waals surface area contributed by atoms with Crippen LogP contribution in [-0.2, 0) is 14.8 Å². The van der Waals surface area contributed by atoms with Crippen molar-refractivity contribution in [2.24, 2.45) is 0 Å². The van der Waals surface area contributed by atoms with Gasteiger partial charge in [0.1, 0.15) is 5.75 Å². The van der Waals surface area contributed by atoms with Crippen LogP contribution in [0, 0.1) is 0 Å². The van der Waals surface area contributed by atoms with Crippen molar-refractivity contribution in [3.63, 3.8) is 0 Å². The average Bonchev–Trinajstić information content (AvgIpc) is 3.41. The Balaban J connectivity index is 1.50. The second-order valence-corrected chi connectivity index (χ2v) is 10.0. The third kappa shape index (κ3) is 6.28. The number of carbonyl (C=O) groups excluding carboxylic acids is 2. The summed E-state index contributed by atoms with van der Waals surface area (Å²) >= 11 is 0. The number of benzene rings is 2. The number of carbonyl (C=O) groups is 2. The van der Waals surface area contributed by atoms with Crippen LogP contribution in [0.25, 0.3) is 0 Å². The quantitative estimate of drug-likeness (QED) is 0.461. The van der Waals surface area contributed by atoms with Gasteiger partial charge in [0.25, 0.3) is 5.91 Å². The highest BCUT2D eigenvalue weighted by molar-refractivity contribution is 7.89. The van der Waals surface area contributed by atoms with Crippen LogP contribution >= 0.6 is 0 Å². The normalized spacial score (nSPS) is 14.3. The van der Waals surface area contributed by atoms with Crippen LogP contribution in [0.3, 0.4) is 0 Å². The van der Waals surface area contributed by atoms with Crippen LogP contribution in [0.5, 0.6) is 11.5 Å². The number of hydrogen-bond donors (Lipinski definition) is 2. The first-order chi connectivity index (χ1) is 16.9. The highest BCUT2D eigenvalue weighted by Gasteiger charge is 2.27. The topological polar surface area (TPSA) is 118 Å². The van der Waals surface area contributed by atoms with Gasteiger partial charge in [-0.1, -0.05) is 24.6 Å². The Morgan fingerprint density at radius 3 is 2.46 bits per heavy atom. The van der Waals surface area contributed by atoms with Crippen molar-refractivity contribution in [1.29, 1.82) is 0 Å². The number of amides is 2. The van der Waals surface area contributed by atoms with E-state index in [0.717, 1.165) is 19.3 Å². The van der Waals surface area contributed by atoms with E-state index in [9.17, 15) is 18.0 Å². The SMILES string of the molecule is O=C(CCNC(=O)c1ccco1)Nc1cc(S(=O)(=O)N2CCCCC2)ccc1Oc1ccccc1. The van der Waals surface area contributed by atoms with Crippen LogP contribution in [0.15, 0.2) is 76.2 Å². The minimum absolute atomic E-state index is 0.0275. The van der Waals surface area contributed by atoms with Gasteiger partial charge in [-0.2, -0.15) is 4.31 Å². The molecule has 0 spiro atoms. The first-order valence-electron chi connectivity index (χ1n) is 11.4. The number of rotatable bonds is 9. The number of furan rings is 1. The molecular formula is C25H27N3O6S. The molecule has 0 bridgehead atoms. The van der Waals surface area contributed by atoms with E-state index >= 15 is 0 Å². The number of piperidine rings is 1. The molecular weight excluding hydrogens is 470 g/mol. The molecule has 4 rings (SSSR count). The highest BCUT2D eigenvalue weighted by atomic mass is 32.2. The van der Waals surface area contributed by atoms with Gasteiger partial charge in [-0.25, -0.2) is 8.42 Å². The van der Waals surface area contributed by atoms with Gasteiger partial charge in [0, 0.05) is 26.1 Å². The summed E-state index contributed by atoms with van der Waals surface area (Å²) in [6.07, 6.45) is 4.01. The van der Waals surface area contributed by atoms with E-state index in [4.69, 9.17) is 9.15 Å². The molecule has 1 saturated heterocycles. The van der Waals surface area contributed by atoms with E-state index in [2.05, 4.69) is 10.6 Å². The van der Waals surface area contributed by atoms with Crippen LogP contribution in [0.1, 0.15) is 36.2 Å². The summed E-state index contributed by atoms with van der Waals surface area (Å²) in [4.78, 5) is 24.7.